The van der Waals surface area contributed by atoms with E-state index in [2.05, 4.69) is 37.1 Å². The van der Waals surface area contributed by atoms with E-state index in [0.717, 1.165) is 15.6 Å². The summed E-state index contributed by atoms with van der Waals surface area (Å²) in [6.45, 7) is 3.73. The number of thiocarbonyl (C=S) groups is 1. The van der Waals surface area contributed by atoms with Crippen molar-refractivity contribution < 1.29 is 23.8 Å². The number of benzene rings is 3. The lowest BCUT2D eigenvalue weighted by Gasteiger charge is -2.30. The Hall–Kier alpha value is -3.93. The minimum atomic E-state index is -0.620. The molecule has 0 saturated heterocycles. The summed E-state index contributed by atoms with van der Waals surface area (Å²) in [4.78, 5) is 25.2. The fourth-order valence-electron chi connectivity index (χ4n) is 4.10. The van der Waals surface area contributed by atoms with Crippen LogP contribution in [-0.4, -0.2) is 36.4 Å². The van der Waals surface area contributed by atoms with E-state index < -0.39 is 17.9 Å². The van der Waals surface area contributed by atoms with E-state index in [4.69, 9.17) is 38.0 Å². The molecule has 218 valence electrons. The highest BCUT2D eigenvalue weighted by Crippen LogP contribution is 2.33. The molecule has 9 nitrogen and oxygen atoms in total. The Bertz CT molecular complexity index is 1550. The van der Waals surface area contributed by atoms with Gasteiger partial charge in [0, 0.05) is 21.8 Å². The third kappa shape index (κ3) is 8.09. The number of hydrogen-bond donors (Lipinski definition) is 3. The van der Waals surface area contributed by atoms with Crippen molar-refractivity contribution >= 4 is 63.0 Å². The van der Waals surface area contributed by atoms with Gasteiger partial charge in [-0.25, -0.2) is 10.2 Å². The van der Waals surface area contributed by atoms with Crippen molar-refractivity contribution in [2.45, 2.75) is 26.5 Å². The molecule has 0 bridgehead atoms. The Balaban J connectivity index is 1.35. The highest BCUT2D eigenvalue weighted by atomic mass is 79.9. The smallest absolute Gasteiger partial charge is 0.338 e. The highest BCUT2D eigenvalue weighted by Gasteiger charge is 2.32. The molecular formula is C30H28BrClN4O5S. The fraction of sp³-hybridized carbons (Fsp3) is 0.200. The molecule has 3 aromatic carbocycles. The van der Waals surface area contributed by atoms with Gasteiger partial charge in [-0.2, -0.15) is 5.10 Å². The summed E-state index contributed by atoms with van der Waals surface area (Å²) in [7, 11) is 0. The molecule has 1 atom stereocenters. The molecule has 1 aliphatic rings. The zero-order chi connectivity index (χ0) is 30.1. The number of carbonyl (C=O) groups is 2. The first kappa shape index (κ1) is 31.0. The summed E-state index contributed by atoms with van der Waals surface area (Å²) < 4.78 is 17.7. The maximum atomic E-state index is 12.7. The van der Waals surface area contributed by atoms with Crippen LogP contribution in [0.25, 0.3) is 0 Å². The van der Waals surface area contributed by atoms with E-state index in [-0.39, 0.29) is 13.2 Å². The number of nitrogens with one attached hydrogen (secondary N) is 3. The van der Waals surface area contributed by atoms with Crippen LogP contribution in [0.1, 0.15) is 36.6 Å². The zero-order valence-corrected chi connectivity index (χ0v) is 25.9. The van der Waals surface area contributed by atoms with Crippen LogP contribution in [0.4, 0.5) is 0 Å². The van der Waals surface area contributed by atoms with Crippen molar-refractivity contribution in [2.24, 2.45) is 5.10 Å². The van der Waals surface area contributed by atoms with E-state index in [1.165, 1.54) is 6.21 Å². The number of rotatable bonds is 11. The summed E-state index contributed by atoms with van der Waals surface area (Å²) in [5.74, 6) is 0.107. The number of amides is 1. The van der Waals surface area contributed by atoms with Gasteiger partial charge in [-0.15, -0.1) is 0 Å². The van der Waals surface area contributed by atoms with Gasteiger partial charge in [0.1, 0.15) is 18.1 Å². The molecule has 3 aromatic rings. The van der Waals surface area contributed by atoms with Gasteiger partial charge in [-0.05, 0) is 77.9 Å². The first-order valence-corrected chi connectivity index (χ1v) is 14.5. The van der Waals surface area contributed by atoms with Gasteiger partial charge in [0.15, 0.2) is 11.7 Å². The van der Waals surface area contributed by atoms with Crippen molar-refractivity contribution in [1.82, 2.24) is 16.1 Å². The Kier molecular flexibility index (Phi) is 10.9. The predicted molar refractivity (Wildman–Crippen MR) is 169 cm³/mol. The van der Waals surface area contributed by atoms with Crippen LogP contribution in [0.3, 0.4) is 0 Å². The van der Waals surface area contributed by atoms with Crippen LogP contribution in [0.15, 0.2) is 87.6 Å². The number of para-hydroxylation sites is 1. The summed E-state index contributed by atoms with van der Waals surface area (Å²) in [6.07, 6.45) is 1.51. The number of hydrogen-bond acceptors (Lipinski definition) is 7. The maximum Gasteiger partial charge on any atom is 0.338 e. The molecule has 42 heavy (non-hydrogen) atoms. The molecule has 0 aliphatic carbocycles. The zero-order valence-electron chi connectivity index (χ0n) is 22.8. The predicted octanol–water partition coefficient (Wildman–Crippen LogP) is 5.57. The molecule has 1 heterocycles. The molecule has 1 amide bonds. The molecule has 4 rings (SSSR count). The van der Waals surface area contributed by atoms with Gasteiger partial charge < -0.3 is 24.8 Å². The Morgan fingerprint density at radius 2 is 1.86 bits per heavy atom. The molecule has 0 unspecified atom stereocenters. The van der Waals surface area contributed by atoms with E-state index in [0.29, 0.717) is 45.1 Å². The lowest BCUT2D eigenvalue weighted by Crippen LogP contribution is -2.45. The summed E-state index contributed by atoms with van der Waals surface area (Å²) >= 11 is 15.0. The second-order valence-corrected chi connectivity index (χ2v) is 10.7. The number of allylic oxidation sites excluding steroid dienone is 1. The van der Waals surface area contributed by atoms with Crippen molar-refractivity contribution in [1.29, 1.82) is 0 Å². The summed E-state index contributed by atoms with van der Waals surface area (Å²) in [5.41, 5.74) is 5.66. The van der Waals surface area contributed by atoms with Crippen LogP contribution in [0, 0.1) is 0 Å². The normalized spacial score (nSPS) is 14.7. The van der Waals surface area contributed by atoms with Crippen molar-refractivity contribution in [2.75, 3.05) is 13.2 Å². The molecule has 0 fully saturated rings. The number of carbonyl (C=O) groups excluding carboxylic acids is 2. The van der Waals surface area contributed by atoms with Crippen LogP contribution in [0.5, 0.6) is 11.5 Å². The average molecular weight is 672 g/mol. The number of nitrogens with zero attached hydrogens (tertiary/aromatic N) is 1. The monoisotopic (exact) mass is 670 g/mol. The Morgan fingerprint density at radius 3 is 2.62 bits per heavy atom. The molecule has 0 aromatic heterocycles. The van der Waals surface area contributed by atoms with E-state index in [1.54, 1.807) is 38.1 Å². The summed E-state index contributed by atoms with van der Waals surface area (Å²) in [6, 6.07) is 19.4. The molecule has 1 aliphatic heterocycles. The Labute approximate surface area is 262 Å². The molecule has 12 heteroatoms. The van der Waals surface area contributed by atoms with Gasteiger partial charge in [-0.1, -0.05) is 48.0 Å². The third-order valence-corrected chi connectivity index (χ3v) is 7.26. The lowest BCUT2D eigenvalue weighted by molar-refractivity contribution is -0.139. The first-order chi connectivity index (χ1) is 20.3. The SMILES string of the molecule is CCOC(=O)C1=C(C)NC(=S)N[C@H]1c1ccccc1OCC(=O)NN=Cc1ccc(OCc2ccccc2Cl)c(Br)c1. The number of halogens is 2. The second kappa shape index (κ2) is 14.8. The minimum Gasteiger partial charge on any atom is -0.488 e. The van der Waals surface area contributed by atoms with E-state index in [1.807, 2.05) is 42.5 Å². The number of hydrazone groups is 1. The minimum absolute atomic E-state index is 0.226. The average Bonchev–Trinajstić information content (AvgIpc) is 2.96. The number of esters is 1. The van der Waals surface area contributed by atoms with Gasteiger partial charge in [0.25, 0.3) is 5.91 Å². The molecular weight excluding hydrogens is 644 g/mol. The number of ether oxygens (including phenoxy) is 3. The highest BCUT2D eigenvalue weighted by molar-refractivity contribution is 9.10. The van der Waals surface area contributed by atoms with Crippen LogP contribution in [-0.2, 0) is 20.9 Å². The van der Waals surface area contributed by atoms with E-state index >= 15 is 0 Å². The summed E-state index contributed by atoms with van der Waals surface area (Å²) in [5, 5.41) is 11.1. The van der Waals surface area contributed by atoms with Gasteiger partial charge >= 0.3 is 5.97 Å². The molecule has 0 spiro atoms. The van der Waals surface area contributed by atoms with Crippen LogP contribution in [0.2, 0.25) is 5.02 Å². The largest absolute Gasteiger partial charge is 0.488 e. The topological polar surface area (TPSA) is 110 Å². The molecule has 0 radical (unpaired) electrons. The van der Waals surface area contributed by atoms with Crippen molar-refractivity contribution in [3.05, 3.63) is 104 Å². The third-order valence-electron chi connectivity index (χ3n) is 6.05. The molecule has 0 saturated carbocycles. The van der Waals surface area contributed by atoms with Gasteiger partial charge in [0.05, 0.1) is 28.9 Å². The van der Waals surface area contributed by atoms with Crippen LogP contribution < -0.4 is 25.5 Å². The lowest BCUT2D eigenvalue weighted by atomic mass is 9.95. The van der Waals surface area contributed by atoms with Crippen molar-refractivity contribution in [3.8, 4) is 11.5 Å². The molecule has 3 N–H and O–H groups in total. The fourth-order valence-corrected chi connectivity index (χ4v) is 5.07. The van der Waals surface area contributed by atoms with E-state index in [9.17, 15) is 9.59 Å². The maximum absolute atomic E-state index is 12.7. The standard InChI is InChI=1S/C30H28BrClN4O5S/c1-3-39-29(38)27-18(2)34-30(42)35-28(27)21-9-5-7-11-24(21)41-17-26(37)36-33-15-19-12-13-25(22(31)14-19)40-16-20-8-4-6-10-23(20)32/h4-15,28H,3,16-17H2,1-2H3,(H,36,37)(H2,34,35,42)/t28-/m0/s1. The second-order valence-electron chi connectivity index (χ2n) is 8.98. The van der Waals surface area contributed by atoms with Gasteiger partial charge in [0.2, 0.25) is 0 Å². The van der Waals surface area contributed by atoms with Gasteiger partial charge in [-0.3, -0.25) is 4.79 Å². The van der Waals surface area contributed by atoms with Crippen molar-refractivity contribution in [3.63, 3.8) is 0 Å². The Morgan fingerprint density at radius 1 is 1.10 bits per heavy atom. The van der Waals surface area contributed by atoms with Crippen LogP contribution >= 0.6 is 39.7 Å². The first-order valence-electron chi connectivity index (χ1n) is 12.9. The quantitative estimate of drug-likeness (QED) is 0.105.